The van der Waals surface area contributed by atoms with Crippen LogP contribution in [0.3, 0.4) is 0 Å². The van der Waals surface area contributed by atoms with Crippen molar-refractivity contribution in [1.82, 2.24) is 5.16 Å². The molecular formula is C18H12Cl2N2O3. The highest BCUT2D eigenvalue weighted by atomic mass is 35.5. The smallest absolute Gasteiger partial charge is 0.277 e. The van der Waals surface area contributed by atoms with E-state index in [2.05, 4.69) is 10.5 Å². The molecule has 0 atom stereocenters. The number of Topliss-reactive ketones (excluding diaryl/α,β-unsaturated/α-hetero) is 1. The Morgan fingerprint density at radius 3 is 2.36 bits per heavy atom. The van der Waals surface area contributed by atoms with E-state index in [9.17, 15) is 9.59 Å². The lowest BCUT2D eigenvalue weighted by atomic mass is 10.1. The summed E-state index contributed by atoms with van der Waals surface area (Å²) >= 11 is 11.9. The maximum Gasteiger partial charge on any atom is 0.277 e. The first-order valence-corrected chi connectivity index (χ1v) is 8.04. The van der Waals surface area contributed by atoms with Crippen molar-refractivity contribution in [3.8, 4) is 11.3 Å². The van der Waals surface area contributed by atoms with Gasteiger partial charge >= 0.3 is 0 Å². The summed E-state index contributed by atoms with van der Waals surface area (Å²) in [5.74, 6) is -0.0677. The maximum atomic E-state index is 12.3. The minimum Gasteiger partial charge on any atom is -0.355 e. The molecule has 1 N–H and O–H groups in total. The number of carbonyl (C=O) groups is 2. The van der Waals surface area contributed by atoms with Crippen molar-refractivity contribution in [2.75, 3.05) is 5.32 Å². The van der Waals surface area contributed by atoms with Crippen molar-refractivity contribution in [1.29, 1.82) is 0 Å². The first-order valence-electron chi connectivity index (χ1n) is 7.28. The Labute approximate surface area is 153 Å². The third kappa shape index (κ3) is 3.90. The largest absolute Gasteiger partial charge is 0.355 e. The van der Waals surface area contributed by atoms with Gasteiger partial charge in [0.1, 0.15) is 0 Å². The summed E-state index contributed by atoms with van der Waals surface area (Å²) in [5.41, 5.74) is 1.90. The van der Waals surface area contributed by atoms with Gasteiger partial charge in [-0.05, 0) is 49.4 Å². The van der Waals surface area contributed by atoms with E-state index in [0.29, 0.717) is 32.6 Å². The van der Waals surface area contributed by atoms with Crippen molar-refractivity contribution >= 4 is 40.6 Å². The number of carbonyl (C=O) groups excluding carboxylic acids is 2. The predicted molar refractivity (Wildman–Crippen MR) is 96.4 cm³/mol. The van der Waals surface area contributed by atoms with E-state index in [-0.39, 0.29) is 11.5 Å². The molecule has 1 amide bonds. The van der Waals surface area contributed by atoms with Gasteiger partial charge in [-0.15, -0.1) is 0 Å². The summed E-state index contributed by atoms with van der Waals surface area (Å²) in [6, 6.07) is 13.1. The molecule has 2 aromatic carbocycles. The van der Waals surface area contributed by atoms with Crippen molar-refractivity contribution in [2.45, 2.75) is 6.92 Å². The first-order chi connectivity index (χ1) is 11.9. The second-order valence-electron chi connectivity index (χ2n) is 5.29. The predicted octanol–water partition coefficient (Wildman–Crippen LogP) is 5.10. The number of hydrogen-bond donors (Lipinski definition) is 1. The lowest BCUT2D eigenvalue weighted by Crippen LogP contribution is -2.12. The van der Waals surface area contributed by atoms with Crippen LogP contribution in [0.5, 0.6) is 0 Å². The van der Waals surface area contributed by atoms with Crippen molar-refractivity contribution in [2.24, 2.45) is 0 Å². The van der Waals surface area contributed by atoms with Gasteiger partial charge in [-0.3, -0.25) is 9.59 Å². The molecule has 0 aliphatic heterocycles. The van der Waals surface area contributed by atoms with Crippen LogP contribution >= 0.6 is 23.2 Å². The standard InChI is InChI=1S/C18H12Cl2N2O3/c1-10(23)11-2-5-13(6-3-11)21-18(24)16-9-17(25-22-16)12-4-7-14(19)15(20)8-12/h2-9H,1H3,(H,21,24). The van der Waals surface area contributed by atoms with Crippen LogP contribution in [0.1, 0.15) is 27.8 Å². The molecule has 5 nitrogen and oxygen atoms in total. The lowest BCUT2D eigenvalue weighted by Gasteiger charge is -2.03. The third-order valence-electron chi connectivity index (χ3n) is 3.50. The second kappa shape index (κ2) is 7.09. The number of amides is 1. The molecular weight excluding hydrogens is 363 g/mol. The van der Waals surface area contributed by atoms with Crippen LogP contribution in [0.4, 0.5) is 5.69 Å². The molecule has 0 saturated carbocycles. The van der Waals surface area contributed by atoms with E-state index in [1.54, 1.807) is 42.5 Å². The molecule has 1 aromatic heterocycles. The number of ketones is 1. The minimum atomic E-state index is -0.425. The van der Waals surface area contributed by atoms with E-state index in [1.807, 2.05) is 0 Å². The molecule has 25 heavy (non-hydrogen) atoms. The summed E-state index contributed by atoms with van der Waals surface area (Å²) in [4.78, 5) is 23.5. The Hall–Kier alpha value is -2.63. The number of halogens is 2. The topological polar surface area (TPSA) is 72.2 Å². The number of hydrogen-bond acceptors (Lipinski definition) is 4. The number of benzene rings is 2. The van der Waals surface area contributed by atoms with Gasteiger partial charge in [0.05, 0.1) is 10.0 Å². The van der Waals surface area contributed by atoms with Crippen LogP contribution < -0.4 is 5.32 Å². The monoisotopic (exact) mass is 374 g/mol. The van der Waals surface area contributed by atoms with Gasteiger partial charge in [-0.2, -0.15) is 0 Å². The molecule has 0 radical (unpaired) electrons. The summed E-state index contributed by atoms with van der Waals surface area (Å²) in [7, 11) is 0. The molecule has 0 fully saturated rings. The average molecular weight is 375 g/mol. The SMILES string of the molecule is CC(=O)c1ccc(NC(=O)c2cc(-c3ccc(Cl)c(Cl)c3)on2)cc1. The Bertz CT molecular complexity index is 949. The fourth-order valence-electron chi connectivity index (χ4n) is 2.15. The van der Waals surface area contributed by atoms with Crippen molar-refractivity contribution < 1.29 is 14.1 Å². The summed E-state index contributed by atoms with van der Waals surface area (Å²) in [5, 5.41) is 7.27. The highest BCUT2D eigenvalue weighted by Gasteiger charge is 2.15. The normalized spacial score (nSPS) is 10.5. The zero-order chi connectivity index (χ0) is 18.0. The third-order valence-corrected chi connectivity index (χ3v) is 4.24. The van der Waals surface area contributed by atoms with Crippen LogP contribution in [0.25, 0.3) is 11.3 Å². The first kappa shape index (κ1) is 17.2. The molecule has 0 aliphatic rings. The molecule has 126 valence electrons. The second-order valence-corrected chi connectivity index (χ2v) is 6.11. The van der Waals surface area contributed by atoms with Crippen molar-refractivity contribution in [3.63, 3.8) is 0 Å². The summed E-state index contributed by atoms with van der Waals surface area (Å²) in [6.45, 7) is 1.48. The Kier molecular flexibility index (Phi) is 4.88. The van der Waals surface area contributed by atoms with E-state index >= 15 is 0 Å². The Morgan fingerprint density at radius 2 is 1.72 bits per heavy atom. The number of nitrogens with zero attached hydrogens (tertiary/aromatic N) is 1. The van der Waals surface area contributed by atoms with E-state index in [4.69, 9.17) is 27.7 Å². The Morgan fingerprint density at radius 1 is 1.00 bits per heavy atom. The quantitative estimate of drug-likeness (QED) is 0.644. The summed E-state index contributed by atoms with van der Waals surface area (Å²) in [6.07, 6.45) is 0. The van der Waals surface area contributed by atoms with Gasteiger partial charge in [0.15, 0.2) is 17.2 Å². The van der Waals surface area contributed by atoms with Crippen molar-refractivity contribution in [3.05, 3.63) is 69.8 Å². The van der Waals surface area contributed by atoms with Gasteiger partial charge in [-0.25, -0.2) is 0 Å². The molecule has 1 heterocycles. The van der Waals surface area contributed by atoms with Crippen LogP contribution in [-0.4, -0.2) is 16.8 Å². The number of aromatic nitrogens is 1. The van der Waals surface area contributed by atoms with Gasteiger partial charge in [-0.1, -0.05) is 28.4 Å². The van der Waals surface area contributed by atoms with Gasteiger partial charge in [0.25, 0.3) is 5.91 Å². The maximum absolute atomic E-state index is 12.3. The molecule has 3 aromatic rings. The van der Waals surface area contributed by atoms with Crippen LogP contribution in [0.15, 0.2) is 53.1 Å². The number of anilines is 1. The molecule has 0 bridgehead atoms. The molecule has 0 unspecified atom stereocenters. The molecule has 0 saturated heterocycles. The molecule has 0 aliphatic carbocycles. The van der Waals surface area contributed by atoms with Crippen LogP contribution in [0, 0.1) is 0 Å². The van der Waals surface area contributed by atoms with Crippen LogP contribution in [0.2, 0.25) is 10.0 Å². The van der Waals surface area contributed by atoms with Gasteiger partial charge in [0.2, 0.25) is 0 Å². The zero-order valence-electron chi connectivity index (χ0n) is 13.0. The molecule has 3 rings (SSSR count). The van der Waals surface area contributed by atoms with Crippen LogP contribution in [-0.2, 0) is 0 Å². The zero-order valence-corrected chi connectivity index (χ0v) is 14.6. The van der Waals surface area contributed by atoms with E-state index in [0.717, 1.165) is 0 Å². The minimum absolute atomic E-state index is 0.0411. The Balaban J connectivity index is 1.76. The van der Waals surface area contributed by atoms with Gasteiger partial charge < -0.3 is 9.84 Å². The fourth-order valence-corrected chi connectivity index (χ4v) is 2.45. The average Bonchev–Trinajstić information content (AvgIpc) is 3.08. The number of nitrogens with one attached hydrogen (secondary N) is 1. The fraction of sp³-hybridized carbons (Fsp3) is 0.0556. The van der Waals surface area contributed by atoms with E-state index < -0.39 is 5.91 Å². The molecule has 7 heteroatoms. The highest BCUT2D eigenvalue weighted by molar-refractivity contribution is 6.42. The molecule has 0 spiro atoms. The number of rotatable bonds is 4. The lowest BCUT2D eigenvalue weighted by molar-refractivity contribution is 0.101. The van der Waals surface area contributed by atoms with Gasteiger partial charge in [0, 0.05) is 22.9 Å². The summed E-state index contributed by atoms with van der Waals surface area (Å²) < 4.78 is 5.20. The highest BCUT2D eigenvalue weighted by Crippen LogP contribution is 2.29. The van der Waals surface area contributed by atoms with E-state index in [1.165, 1.54) is 13.0 Å².